The molecule has 0 fully saturated rings. The molecular formula is C18H23BrN2. The van der Waals surface area contributed by atoms with Crippen molar-refractivity contribution in [2.45, 2.75) is 39.4 Å². The third-order valence-electron chi connectivity index (χ3n) is 3.63. The van der Waals surface area contributed by atoms with Gasteiger partial charge in [0.1, 0.15) is 0 Å². The van der Waals surface area contributed by atoms with Gasteiger partial charge in [-0.25, -0.2) is 0 Å². The predicted molar refractivity (Wildman–Crippen MR) is 94.5 cm³/mol. The minimum atomic E-state index is 0.0371. The van der Waals surface area contributed by atoms with Crippen LogP contribution in [0.2, 0.25) is 0 Å². The molecular weight excluding hydrogens is 324 g/mol. The van der Waals surface area contributed by atoms with Gasteiger partial charge < -0.3 is 10.6 Å². The van der Waals surface area contributed by atoms with E-state index in [-0.39, 0.29) is 6.04 Å². The number of hydrogen-bond donors (Lipinski definition) is 1. The number of halogens is 1. The Kier molecular flexibility index (Phi) is 5.43. The molecule has 2 N–H and O–H groups in total. The van der Waals surface area contributed by atoms with E-state index < -0.39 is 0 Å². The predicted octanol–water partition coefficient (Wildman–Crippen LogP) is 4.88. The Bertz CT molecular complexity index is 579. The van der Waals surface area contributed by atoms with Crippen molar-refractivity contribution in [2.75, 3.05) is 4.90 Å². The second-order valence-corrected chi connectivity index (χ2v) is 6.56. The first kappa shape index (κ1) is 16.1. The molecule has 3 heteroatoms. The number of benzene rings is 2. The van der Waals surface area contributed by atoms with Gasteiger partial charge in [0.05, 0.1) is 0 Å². The van der Waals surface area contributed by atoms with Crippen LogP contribution in [-0.2, 0) is 6.54 Å². The fraction of sp³-hybridized carbons (Fsp3) is 0.333. The highest BCUT2D eigenvalue weighted by atomic mass is 79.9. The number of nitrogens with two attached hydrogens (primary N) is 1. The molecule has 0 radical (unpaired) electrons. The summed E-state index contributed by atoms with van der Waals surface area (Å²) in [5.74, 6) is 0. The molecule has 0 heterocycles. The molecule has 0 saturated heterocycles. The maximum absolute atomic E-state index is 5.98. The lowest BCUT2D eigenvalue weighted by atomic mass is 10.1. The zero-order chi connectivity index (χ0) is 15.4. The van der Waals surface area contributed by atoms with Crippen LogP contribution in [0.4, 0.5) is 5.69 Å². The lowest BCUT2D eigenvalue weighted by Gasteiger charge is -2.30. The van der Waals surface area contributed by atoms with Crippen LogP contribution < -0.4 is 10.6 Å². The minimum absolute atomic E-state index is 0.0371. The third kappa shape index (κ3) is 4.08. The number of anilines is 1. The van der Waals surface area contributed by atoms with Crippen LogP contribution in [0.15, 0.2) is 53.0 Å². The average Bonchev–Trinajstić information content (AvgIpc) is 2.45. The first-order valence-corrected chi connectivity index (χ1v) is 8.14. The smallest absolute Gasteiger partial charge is 0.0432 e. The number of nitrogens with zero attached hydrogens (tertiary/aromatic N) is 1. The van der Waals surface area contributed by atoms with Crippen molar-refractivity contribution < 1.29 is 0 Å². The van der Waals surface area contributed by atoms with Gasteiger partial charge >= 0.3 is 0 Å². The Labute approximate surface area is 136 Å². The number of hydrogen-bond acceptors (Lipinski definition) is 2. The van der Waals surface area contributed by atoms with Crippen LogP contribution in [-0.4, -0.2) is 6.04 Å². The summed E-state index contributed by atoms with van der Waals surface area (Å²) in [5, 5.41) is 0. The molecule has 2 aromatic carbocycles. The maximum Gasteiger partial charge on any atom is 0.0432 e. The largest absolute Gasteiger partial charge is 0.365 e. The molecule has 2 rings (SSSR count). The van der Waals surface area contributed by atoms with E-state index in [0.717, 1.165) is 16.6 Å². The van der Waals surface area contributed by atoms with Gasteiger partial charge in [-0.3, -0.25) is 0 Å². The van der Waals surface area contributed by atoms with Gasteiger partial charge in [0.25, 0.3) is 0 Å². The van der Waals surface area contributed by atoms with Crippen molar-refractivity contribution in [2.24, 2.45) is 5.73 Å². The molecule has 0 aliphatic rings. The second kappa shape index (κ2) is 7.10. The van der Waals surface area contributed by atoms with Crippen LogP contribution in [0, 0.1) is 0 Å². The standard InChI is InChI=1S/C18H23BrN2/c1-13(2)21(12-15-7-5-4-6-8-15)16-9-10-17(14(3)20)18(19)11-16/h4-11,13-14H,12,20H2,1-3H3/t14-/m0/s1. The van der Waals surface area contributed by atoms with Crippen LogP contribution in [0.5, 0.6) is 0 Å². The summed E-state index contributed by atoms with van der Waals surface area (Å²) in [6, 6.07) is 17.5. The molecule has 0 spiro atoms. The molecule has 21 heavy (non-hydrogen) atoms. The Balaban J connectivity index is 2.28. The third-order valence-corrected chi connectivity index (χ3v) is 4.31. The van der Waals surface area contributed by atoms with Gasteiger partial charge in [-0.2, -0.15) is 0 Å². The van der Waals surface area contributed by atoms with E-state index in [1.54, 1.807) is 0 Å². The SMILES string of the molecule is CC(C)N(Cc1ccccc1)c1ccc([C@H](C)N)c(Br)c1. The van der Waals surface area contributed by atoms with Crippen molar-refractivity contribution in [1.29, 1.82) is 0 Å². The lowest BCUT2D eigenvalue weighted by molar-refractivity contribution is 0.681. The minimum Gasteiger partial charge on any atom is -0.365 e. The first-order valence-electron chi connectivity index (χ1n) is 7.34. The molecule has 112 valence electrons. The summed E-state index contributed by atoms with van der Waals surface area (Å²) < 4.78 is 1.08. The average molecular weight is 347 g/mol. The Morgan fingerprint density at radius 3 is 2.24 bits per heavy atom. The topological polar surface area (TPSA) is 29.3 Å². The quantitative estimate of drug-likeness (QED) is 0.835. The highest BCUT2D eigenvalue weighted by molar-refractivity contribution is 9.10. The van der Waals surface area contributed by atoms with E-state index in [0.29, 0.717) is 6.04 Å². The second-order valence-electron chi connectivity index (χ2n) is 5.70. The lowest BCUT2D eigenvalue weighted by Crippen LogP contribution is -2.30. The molecule has 0 bridgehead atoms. The van der Waals surface area contributed by atoms with Crippen molar-refractivity contribution in [3.8, 4) is 0 Å². The normalized spacial score (nSPS) is 12.5. The zero-order valence-electron chi connectivity index (χ0n) is 12.9. The molecule has 2 aromatic rings. The highest BCUT2D eigenvalue weighted by Crippen LogP contribution is 2.29. The van der Waals surface area contributed by atoms with Gasteiger partial charge in [-0.1, -0.05) is 52.3 Å². The molecule has 0 unspecified atom stereocenters. The van der Waals surface area contributed by atoms with E-state index in [4.69, 9.17) is 5.73 Å². The summed E-state index contributed by atoms with van der Waals surface area (Å²) in [5.41, 5.74) is 9.65. The van der Waals surface area contributed by atoms with Gasteiger partial charge in [0, 0.05) is 28.8 Å². The van der Waals surface area contributed by atoms with Gasteiger partial charge in [0.15, 0.2) is 0 Å². The van der Waals surface area contributed by atoms with Gasteiger partial charge in [-0.15, -0.1) is 0 Å². The molecule has 0 aliphatic heterocycles. The maximum atomic E-state index is 5.98. The van der Waals surface area contributed by atoms with Crippen LogP contribution in [0.25, 0.3) is 0 Å². The fourth-order valence-corrected chi connectivity index (χ4v) is 3.14. The first-order chi connectivity index (χ1) is 9.99. The Morgan fingerprint density at radius 2 is 1.71 bits per heavy atom. The van der Waals surface area contributed by atoms with Crippen LogP contribution >= 0.6 is 15.9 Å². The van der Waals surface area contributed by atoms with Crippen LogP contribution in [0.3, 0.4) is 0 Å². The van der Waals surface area contributed by atoms with E-state index in [1.165, 1.54) is 11.3 Å². The van der Waals surface area contributed by atoms with Crippen LogP contribution in [0.1, 0.15) is 37.9 Å². The van der Waals surface area contributed by atoms with Crippen molar-refractivity contribution in [3.63, 3.8) is 0 Å². The fourth-order valence-electron chi connectivity index (χ4n) is 2.42. The van der Waals surface area contributed by atoms with E-state index in [1.807, 2.05) is 6.92 Å². The molecule has 0 aromatic heterocycles. The molecule has 1 atom stereocenters. The summed E-state index contributed by atoms with van der Waals surface area (Å²) in [6.45, 7) is 7.35. The molecule has 0 amide bonds. The van der Waals surface area contributed by atoms with Gasteiger partial charge in [0.2, 0.25) is 0 Å². The van der Waals surface area contributed by atoms with E-state index >= 15 is 0 Å². The highest BCUT2D eigenvalue weighted by Gasteiger charge is 2.13. The Morgan fingerprint density at radius 1 is 1.05 bits per heavy atom. The summed E-state index contributed by atoms with van der Waals surface area (Å²) in [6.07, 6.45) is 0. The van der Waals surface area contributed by atoms with Crippen molar-refractivity contribution in [3.05, 3.63) is 64.1 Å². The Hall–Kier alpha value is -1.32. The zero-order valence-corrected chi connectivity index (χ0v) is 14.5. The van der Waals surface area contributed by atoms with E-state index in [9.17, 15) is 0 Å². The van der Waals surface area contributed by atoms with Gasteiger partial charge in [-0.05, 0) is 44.0 Å². The molecule has 0 saturated carbocycles. The molecule has 0 aliphatic carbocycles. The molecule has 2 nitrogen and oxygen atoms in total. The van der Waals surface area contributed by atoms with Crippen molar-refractivity contribution in [1.82, 2.24) is 0 Å². The summed E-state index contributed by atoms with van der Waals surface area (Å²) >= 11 is 3.64. The van der Waals surface area contributed by atoms with E-state index in [2.05, 4.69) is 83.2 Å². The summed E-state index contributed by atoms with van der Waals surface area (Å²) in [7, 11) is 0. The number of rotatable bonds is 5. The monoisotopic (exact) mass is 346 g/mol. The summed E-state index contributed by atoms with van der Waals surface area (Å²) in [4.78, 5) is 2.39. The van der Waals surface area contributed by atoms with Crippen molar-refractivity contribution >= 4 is 21.6 Å².